The third-order valence-electron chi connectivity index (χ3n) is 3.72. The highest BCUT2D eigenvalue weighted by atomic mass is 16.2. The lowest BCUT2D eigenvalue weighted by Crippen LogP contribution is -2.48. The molecule has 20 heavy (non-hydrogen) atoms. The molecule has 106 valence electrons. The first-order valence-electron chi connectivity index (χ1n) is 7.12. The monoisotopic (exact) mass is 270 g/mol. The minimum atomic E-state index is 0.0109. The Bertz CT molecular complexity index is 522. The first-order valence-corrected chi connectivity index (χ1v) is 7.12. The number of amides is 1. The summed E-state index contributed by atoms with van der Waals surface area (Å²) in [5, 5.41) is 0. The second-order valence-corrected chi connectivity index (χ2v) is 5.37. The average Bonchev–Trinajstić information content (AvgIpc) is 2.47. The summed E-state index contributed by atoms with van der Waals surface area (Å²) < 4.78 is 0. The van der Waals surface area contributed by atoms with Gasteiger partial charge in [-0.15, -0.1) is 5.73 Å². The van der Waals surface area contributed by atoms with Crippen molar-refractivity contribution in [3.05, 3.63) is 48.2 Å². The molecule has 0 aromatic heterocycles. The molecule has 1 heterocycles. The molecule has 0 unspecified atom stereocenters. The first kappa shape index (κ1) is 14.4. The molecule has 3 nitrogen and oxygen atoms in total. The topological polar surface area (TPSA) is 23.6 Å². The zero-order valence-corrected chi connectivity index (χ0v) is 12.3. The van der Waals surface area contributed by atoms with Crippen LogP contribution in [0.1, 0.15) is 25.3 Å². The molecule has 1 saturated heterocycles. The van der Waals surface area contributed by atoms with Crippen molar-refractivity contribution in [2.75, 3.05) is 31.1 Å². The molecule has 1 fully saturated rings. The molecule has 0 N–H and O–H groups in total. The number of hydrogen-bond donors (Lipinski definition) is 0. The maximum Gasteiger partial charge on any atom is 0.254 e. The van der Waals surface area contributed by atoms with Crippen LogP contribution in [0.5, 0.6) is 0 Å². The van der Waals surface area contributed by atoms with Crippen molar-refractivity contribution < 1.29 is 4.79 Å². The molecule has 1 aliphatic heterocycles. The molecule has 3 heteroatoms. The molecule has 2 rings (SSSR count). The van der Waals surface area contributed by atoms with Gasteiger partial charge in [-0.2, -0.15) is 0 Å². The smallest absolute Gasteiger partial charge is 0.254 e. The van der Waals surface area contributed by atoms with Crippen LogP contribution < -0.4 is 4.90 Å². The Balaban J connectivity index is 2.08. The second-order valence-electron chi connectivity index (χ2n) is 5.37. The van der Waals surface area contributed by atoms with Crippen LogP contribution in [0.2, 0.25) is 0 Å². The SMILES string of the molecule is C=C=CC(=O)N1CCN(c2ccccc2C(C)C)CC1. The standard InChI is InChI=1S/C17H22N2O/c1-4-7-17(20)19-12-10-18(11-13-19)16-9-6-5-8-15(16)14(2)3/h5-9,14H,1,10-13H2,2-3H3. The van der Waals surface area contributed by atoms with E-state index < -0.39 is 0 Å². The predicted molar refractivity (Wildman–Crippen MR) is 83.0 cm³/mol. The number of para-hydroxylation sites is 1. The summed E-state index contributed by atoms with van der Waals surface area (Å²) in [6.45, 7) is 11.1. The van der Waals surface area contributed by atoms with Crippen molar-refractivity contribution in [2.45, 2.75) is 19.8 Å². The van der Waals surface area contributed by atoms with Crippen molar-refractivity contribution in [1.82, 2.24) is 4.90 Å². The molecule has 1 aromatic carbocycles. The molecule has 1 aromatic rings. The van der Waals surface area contributed by atoms with Gasteiger partial charge in [0.05, 0.1) is 0 Å². The Morgan fingerprint density at radius 1 is 1.25 bits per heavy atom. The minimum absolute atomic E-state index is 0.0109. The third-order valence-corrected chi connectivity index (χ3v) is 3.72. The Labute approximate surface area is 121 Å². The lowest BCUT2D eigenvalue weighted by molar-refractivity contribution is -0.126. The predicted octanol–water partition coefficient (Wildman–Crippen LogP) is 2.80. The van der Waals surface area contributed by atoms with Crippen LogP contribution in [0.15, 0.2) is 42.7 Å². The lowest BCUT2D eigenvalue weighted by atomic mass is 10.00. The number of benzene rings is 1. The Morgan fingerprint density at radius 3 is 2.50 bits per heavy atom. The summed E-state index contributed by atoms with van der Waals surface area (Å²) in [5.41, 5.74) is 5.23. The van der Waals surface area contributed by atoms with Crippen molar-refractivity contribution >= 4 is 11.6 Å². The van der Waals surface area contributed by atoms with Gasteiger partial charge in [0.2, 0.25) is 0 Å². The highest BCUT2D eigenvalue weighted by Crippen LogP contribution is 2.27. The number of nitrogens with zero attached hydrogens (tertiary/aromatic N) is 2. The van der Waals surface area contributed by atoms with E-state index in [1.165, 1.54) is 17.3 Å². The molecule has 1 amide bonds. The molecule has 0 bridgehead atoms. The van der Waals surface area contributed by atoms with Crippen LogP contribution in [0.4, 0.5) is 5.69 Å². The van der Waals surface area contributed by atoms with Gasteiger partial charge in [-0.3, -0.25) is 4.79 Å². The van der Waals surface area contributed by atoms with E-state index in [4.69, 9.17) is 0 Å². The molecule has 0 spiro atoms. The number of rotatable bonds is 3. The average molecular weight is 270 g/mol. The highest BCUT2D eigenvalue weighted by Gasteiger charge is 2.21. The van der Waals surface area contributed by atoms with Crippen LogP contribution in [0.25, 0.3) is 0 Å². The molecule has 0 saturated carbocycles. The van der Waals surface area contributed by atoms with E-state index >= 15 is 0 Å². The number of anilines is 1. The van der Waals surface area contributed by atoms with E-state index in [-0.39, 0.29) is 5.91 Å². The van der Waals surface area contributed by atoms with E-state index in [2.05, 4.69) is 55.3 Å². The van der Waals surface area contributed by atoms with Gasteiger partial charge in [-0.1, -0.05) is 38.6 Å². The highest BCUT2D eigenvalue weighted by molar-refractivity contribution is 5.87. The van der Waals surface area contributed by atoms with Gasteiger partial charge in [-0.05, 0) is 17.5 Å². The van der Waals surface area contributed by atoms with Gasteiger partial charge in [0.15, 0.2) is 0 Å². The van der Waals surface area contributed by atoms with Gasteiger partial charge in [0.25, 0.3) is 5.91 Å². The summed E-state index contributed by atoms with van der Waals surface area (Å²) in [5.74, 6) is 0.520. The van der Waals surface area contributed by atoms with Crippen LogP contribution in [0.3, 0.4) is 0 Å². The van der Waals surface area contributed by atoms with Crippen molar-refractivity contribution in [2.24, 2.45) is 0 Å². The van der Waals surface area contributed by atoms with Crippen LogP contribution >= 0.6 is 0 Å². The van der Waals surface area contributed by atoms with Crippen LogP contribution in [-0.4, -0.2) is 37.0 Å². The summed E-state index contributed by atoms with van der Waals surface area (Å²) in [6.07, 6.45) is 1.41. The molecular formula is C17H22N2O. The van der Waals surface area contributed by atoms with Crippen LogP contribution in [0, 0.1) is 0 Å². The van der Waals surface area contributed by atoms with Crippen molar-refractivity contribution in [3.63, 3.8) is 0 Å². The van der Waals surface area contributed by atoms with Gasteiger partial charge in [0.1, 0.15) is 0 Å². The largest absolute Gasteiger partial charge is 0.368 e. The van der Waals surface area contributed by atoms with E-state index in [1.807, 2.05) is 4.90 Å². The molecule has 1 aliphatic rings. The zero-order chi connectivity index (χ0) is 14.5. The van der Waals surface area contributed by atoms with Gasteiger partial charge in [-0.25, -0.2) is 0 Å². The first-order chi connectivity index (χ1) is 9.63. The summed E-state index contributed by atoms with van der Waals surface area (Å²) in [4.78, 5) is 16.0. The van der Waals surface area contributed by atoms with E-state index in [0.717, 1.165) is 26.2 Å². The normalized spacial score (nSPS) is 15.2. The lowest BCUT2D eigenvalue weighted by Gasteiger charge is -2.37. The van der Waals surface area contributed by atoms with Gasteiger partial charge < -0.3 is 9.80 Å². The summed E-state index contributed by atoms with van der Waals surface area (Å²) in [6, 6.07) is 8.54. The molecule has 0 atom stereocenters. The number of hydrogen-bond acceptors (Lipinski definition) is 2. The van der Waals surface area contributed by atoms with Gasteiger partial charge in [0, 0.05) is 37.9 Å². The minimum Gasteiger partial charge on any atom is -0.368 e. The Hall–Kier alpha value is -1.99. The van der Waals surface area contributed by atoms with Gasteiger partial charge >= 0.3 is 0 Å². The zero-order valence-electron chi connectivity index (χ0n) is 12.3. The molecule has 0 aliphatic carbocycles. The molecule has 0 radical (unpaired) electrons. The Kier molecular flexibility index (Phi) is 4.65. The fraction of sp³-hybridized carbons (Fsp3) is 0.412. The van der Waals surface area contributed by atoms with Crippen LogP contribution in [-0.2, 0) is 4.79 Å². The maximum absolute atomic E-state index is 11.8. The van der Waals surface area contributed by atoms with E-state index in [0.29, 0.717) is 5.92 Å². The fourth-order valence-electron chi connectivity index (χ4n) is 2.61. The summed E-state index contributed by atoms with van der Waals surface area (Å²) >= 11 is 0. The fourth-order valence-corrected chi connectivity index (χ4v) is 2.61. The number of carbonyl (C=O) groups is 1. The second kappa shape index (κ2) is 6.44. The summed E-state index contributed by atoms with van der Waals surface area (Å²) in [7, 11) is 0. The quantitative estimate of drug-likeness (QED) is 0.623. The van der Waals surface area contributed by atoms with Crippen molar-refractivity contribution in [3.8, 4) is 0 Å². The Morgan fingerprint density at radius 2 is 1.90 bits per heavy atom. The van der Waals surface area contributed by atoms with Crippen molar-refractivity contribution in [1.29, 1.82) is 0 Å². The maximum atomic E-state index is 11.8. The molecular weight excluding hydrogens is 248 g/mol. The van der Waals surface area contributed by atoms with E-state index in [9.17, 15) is 4.79 Å². The van der Waals surface area contributed by atoms with E-state index in [1.54, 1.807) is 0 Å². The number of carbonyl (C=O) groups excluding carboxylic acids is 1. The third kappa shape index (κ3) is 3.12. The number of piperazine rings is 1.